The number of rotatable bonds is 7. The van der Waals surface area contributed by atoms with Crippen LogP contribution in [0.2, 0.25) is 0 Å². The van der Waals surface area contributed by atoms with Crippen LogP contribution in [0.3, 0.4) is 0 Å². The van der Waals surface area contributed by atoms with Crippen LogP contribution in [0.25, 0.3) is 0 Å². The molecule has 1 unspecified atom stereocenters. The first-order chi connectivity index (χ1) is 10.0. The van der Waals surface area contributed by atoms with E-state index in [9.17, 15) is 4.79 Å². The molecule has 116 valence electrons. The number of hydrogen-bond acceptors (Lipinski definition) is 2. The molecule has 1 amide bonds. The van der Waals surface area contributed by atoms with Crippen molar-refractivity contribution in [1.82, 2.24) is 5.32 Å². The smallest absolute Gasteiger partial charge is 0.220 e. The number of carbonyl (C=O) groups excluding carboxylic acids is 1. The maximum absolute atomic E-state index is 11.7. The van der Waals surface area contributed by atoms with Gasteiger partial charge in [-0.2, -0.15) is 0 Å². The van der Waals surface area contributed by atoms with Crippen molar-refractivity contribution in [2.75, 3.05) is 6.61 Å². The fourth-order valence-electron chi connectivity index (χ4n) is 3.23. The molecular weight excluding hydrogens is 262 g/mol. The summed E-state index contributed by atoms with van der Waals surface area (Å²) in [7, 11) is 0. The summed E-state index contributed by atoms with van der Waals surface area (Å²) in [5.74, 6) is 1.70. The molecule has 21 heavy (non-hydrogen) atoms. The maximum atomic E-state index is 11.7. The Morgan fingerprint density at radius 3 is 2.52 bits per heavy atom. The zero-order valence-corrected chi connectivity index (χ0v) is 13.4. The van der Waals surface area contributed by atoms with Crippen molar-refractivity contribution in [1.29, 1.82) is 0 Å². The molecule has 0 saturated carbocycles. The summed E-state index contributed by atoms with van der Waals surface area (Å²) >= 11 is 0. The second kappa shape index (κ2) is 6.97. The average Bonchev–Trinajstić information content (AvgIpc) is 2.78. The lowest BCUT2D eigenvalue weighted by Gasteiger charge is -2.31. The van der Waals surface area contributed by atoms with Gasteiger partial charge in [0.25, 0.3) is 0 Å². The van der Waals surface area contributed by atoms with E-state index in [0.717, 1.165) is 38.0 Å². The molecule has 0 aromatic heterocycles. The predicted molar refractivity (Wildman–Crippen MR) is 85.5 cm³/mol. The molecule has 1 atom stereocenters. The minimum atomic E-state index is -0.0585. The monoisotopic (exact) mass is 289 g/mol. The summed E-state index contributed by atoms with van der Waals surface area (Å²) in [5, 5.41) is 3.23. The van der Waals surface area contributed by atoms with Crippen molar-refractivity contribution < 1.29 is 9.53 Å². The first-order valence-corrected chi connectivity index (χ1v) is 8.06. The topological polar surface area (TPSA) is 38.3 Å². The van der Waals surface area contributed by atoms with E-state index in [0.29, 0.717) is 12.3 Å². The van der Waals surface area contributed by atoms with Gasteiger partial charge in [-0.15, -0.1) is 0 Å². The van der Waals surface area contributed by atoms with Gasteiger partial charge in [-0.05, 0) is 49.3 Å². The molecular formula is C18H27NO2. The van der Waals surface area contributed by atoms with Gasteiger partial charge in [0.1, 0.15) is 5.75 Å². The van der Waals surface area contributed by atoms with Crippen molar-refractivity contribution in [3.8, 4) is 5.75 Å². The Balaban J connectivity index is 2.04. The Bertz CT molecular complexity index is 467. The van der Waals surface area contributed by atoms with E-state index >= 15 is 0 Å². The van der Waals surface area contributed by atoms with E-state index in [4.69, 9.17) is 4.74 Å². The number of benzene rings is 1. The summed E-state index contributed by atoms with van der Waals surface area (Å²) in [6, 6.07) is 8.31. The molecule has 1 fully saturated rings. The van der Waals surface area contributed by atoms with Gasteiger partial charge in [0.15, 0.2) is 0 Å². The van der Waals surface area contributed by atoms with Crippen LogP contribution in [0, 0.1) is 5.92 Å². The number of nitrogens with one attached hydrogen (secondary N) is 1. The summed E-state index contributed by atoms with van der Waals surface area (Å²) in [6.07, 6.45) is 4.56. The van der Waals surface area contributed by atoms with E-state index in [1.54, 1.807) is 0 Å². The molecule has 1 aromatic carbocycles. The number of hydrogen-bond donors (Lipinski definition) is 1. The van der Waals surface area contributed by atoms with Gasteiger partial charge in [0, 0.05) is 12.0 Å². The molecule has 1 N–H and O–H groups in total. The predicted octanol–water partition coefficient (Wildman–Crippen LogP) is 3.71. The summed E-state index contributed by atoms with van der Waals surface area (Å²) in [6.45, 7) is 7.29. The highest BCUT2D eigenvalue weighted by molar-refractivity contribution is 5.79. The van der Waals surface area contributed by atoms with Crippen LogP contribution in [-0.4, -0.2) is 18.1 Å². The van der Waals surface area contributed by atoms with E-state index in [2.05, 4.69) is 38.2 Å². The van der Waals surface area contributed by atoms with Crippen molar-refractivity contribution in [3.63, 3.8) is 0 Å². The standard InChI is InChI=1S/C18H27NO2/c1-4-11-21-16-7-5-15(6-8-16)13-18(12-14(2)3)10-9-17(20)19-18/h5-8,14H,4,9-13H2,1-3H3,(H,19,20). The van der Waals surface area contributed by atoms with E-state index < -0.39 is 0 Å². The van der Waals surface area contributed by atoms with Crippen LogP contribution >= 0.6 is 0 Å². The Labute approximate surface area is 128 Å². The number of ether oxygens (including phenoxy) is 1. The molecule has 1 aliphatic heterocycles. The highest BCUT2D eigenvalue weighted by Gasteiger charge is 2.37. The maximum Gasteiger partial charge on any atom is 0.220 e. The SMILES string of the molecule is CCCOc1ccc(CC2(CC(C)C)CCC(=O)N2)cc1. The lowest BCUT2D eigenvalue weighted by Crippen LogP contribution is -2.44. The Hall–Kier alpha value is -1.51. The second-order valence-corrected chi connectivity index (χ2v) is 6.60. The van der Waals surface area contributed by atoms with Gasteiger partial charge < -0.3 is 10.1 Å². The second-order valence-electron chi connectivity index (χ2n) is 6.60. The van der Waals surface area contributed by atoms with Crippen LogP contribution in [0.4, 0.5) is 0 Å². The average molecular weight is 289 g/mol. The van der Waals surface area contributed by atoms with E-state index in [-0.39, 0.29) is 11.4 Å². The normalized spacial score (nSPS) is 21.6. The molecule has 3 heteroatoms. The summed E-state index contributed by atoms with van der Waals surface area (Å²) in [4.78, 5) is 11.7. The van der Waals surface area contributed by atoms with Gasteiger partial charge in [-0.1, -0.05) is 32.9 Å². The molecule has 1 aliphatic rings. The lowest BCUT2D eigenvalue weighted by molar-refractivity contribution is -0.119. The minimum absolute atomic E-state index is 0.0585. The van der Waals surface area contributed by atoms with Gasteiger partial charge in [-0.25, -0.2) is 0 Å². The highest BCUT2D eigenvalue weighted by atomic mass is 16.5. The van der Waals surface area contributed by atoms with Crippen molar-refractivity contribution in [2.24, 2.45) is 5.92 Å². The largest absolute Gasteiger partial charge is 0.494 e. The zero-order chi connectivity index (χ0) is 15.3. The molecule has 0 spiro atoms. The summed E-state index contributed by atoms with van der Waals surface area (Å²) in [5.41, 5.74) is 1.21. The first kappa shape index (κ1) is 15.9. The third-order valence-electron chi connectivity index (χ3n) is 3.97. The van der Waals surface area contributed by atoms with Crippen molar-refractivity contribution in [2.45, 2.75) is 58.4 Å². The summed E-state index contributed by atoms with van der Waals surface area (Å²) < 4.78 is 5.62. The highest BCUT2D eigenvalue weighted by Crippen LogP contribution is 2.31. The van der Waals surface area contributed by atoms with Crippen molar-refractivity contribution in [3.05, 3.63) is 29.8 Å². The fraction of sp³-hybridized carbons (Fsp3) is 0.611. The fourth-order valence-corrected chi connectivity index (χ4v) is 3.23. The van der Waals surface area contributed by atoms with Crippen LogP contribution < -0.4 is 10.1 Å². The number of amides is 1. The van der Waals surface area contributed by atoms with Gasteiger partial charge in [0.05, 0.1) is 6.61 Å². The third-order valence-corrected chi connectivity index (χ3v) is 3.97. The molecule has 0 bridgehead atoms. The van der Waals surface area contributed by atoms with E-state index in [1.165, 1.54) is 5.56 Å². The Morgan fingerprint density at radius 2 is 2.00 bits per heavy atom. The van der Waals surface area contributed by atoms with Crippen LogP contribution in [0.5, 0.6) is 5.75 Å². The van der Waals surface area contributed by atoms with E-state index in [1.807, 2.05) is 12.1 Å². The zero-order valence-electron chi connectivity index (χ0n) is 13.4. The molecule has 2 rings (SSSR count). The van der Waals surface area contributed by atoms with Crippen LogP contribution in [0.15, 0.2) is 24.3 Å². The van der Waals surface area contributed by atoms with Crippen LogP contribution in [-0.2, 0) is 11.2 Å². The first-order valence-electron chi connectivity index (χ1n) is 8.06. The molecule has 1 saturated heterocycles. The molecule has 1 aromatic rings. The Morgan fingerprint density at radius 1 is 1.29 bits per heavy atom. The molecule has 0 aliphatic carbocycles. The third kappa shape index (κ3) is 4.48. The minimum Gasteiger partial charge on any atom is -0.494 e. The number of carbonyl (C=O) groups is 1. The van der Waals surface area contributed by atoms with Gasteiger partial charge >= 0.3 is 0 Å². The molecule has 3 nitrogen and oxygen atoms in total. The van der Waals surface area contributed by atoms with Crippen molar-refractivity contribution >= 4 is 5.91 Å². The van der Waals surface area contributed by atoms with Gasteiger partial charge in [0.2, 0.25) is 5.91 Å². The van der Waals surface area contributed by atoms with Gasteiger partial charge in [-0.3, -0.25) is 4.79 Å². The molecule has 0 radical (unpaired) electrons. The quantitative estimate of drug-likeness (QED) is 0.831. The van der Waals surface area contributed by atoms with Crippen LogP contribution in [0.1, 0.15) is 52.0 Å². The molecule has 1 heterocycles. The Kier molecular flexibility index (Phi) is 5.27. The lowest BCUT2D eigenvalue weighted by atomic mass is 9.82.